The number of hydrogen-bond donors (Lipinski definition) is 3. The van der Waals surface area contributed by atoms with Crippen LogP contribution < -0.4 is 10.6 Å². The van der Waals surface area contributed by atoms with Crippen molar-refractivity contribution in [1.29, 1.82) is 0 Å². The minimum atomic E-state index is -0.920. The maximum absolute atomic E-state index is 13.5. The number of carbonyl (C=O) groups excluding carboxylic acids is 1. The highest BCUT2D eigenvalue weighted by molar-refractivity contribution is 6.33. The summed E-state index contributed by atoms with van der Waals surface area (Å²) < 4.78 is 13.5. The van der Waals surface area contributed by atoms with Gasteiger partial charge in [0.1, 0.15) is 5.82 Å². The number of hydrogen-bond acceptors (Lipinski definition) is 2. The minimum absolute atomic E-state index is 0.0141. The molecule has 0 radical (unpaired) electrons. The van der Waals surface area contributed by atoms with Gasteiger partial charge in [0.25, 0.3) is 0 Å². The van der Waals surface area contributed by atoms with Crippen LogP contribution in [0.25, 0.3) is 0 Å². The number of amides is 2. The Morgan fingerprint density at radius 3 is 2.57 bits per heavy atom. The Morgan fingerprint density at radius 1 is 1.33 bits per heavy atom. The largest absolute Gasteiger partial charge is 0.481 e. The van der Waals surface area contributed by atoms with Crippen molar-refractivity contribution in [3.63, 3.8) is 0 Å². The number of urea groups is 1. The number of rotatable bonds is 4. The van der Waals surface area contributed by atoms with E-state index in [0.29, 0.717) is 12.8 Å². The molecule has 0 saturated heterocycles. The first-order valence-electron chi connectivity index (χ1n) is 6.67. The Bertz CT molecular complexity index is 539. The third kappa shape index (κ3) is 3.44. The van der Waals surface area contributed by atoms with Crippen LogP contribution in [0.3, 0.4) is 0 Å². The van der Waals surface area contributed by atoms with Gasteiger partial charge < -0.3 is 15.7 Å². The highest BCUT2D eigenvalue weighted by atomic mass is 35.5. The van der Waals surface area contributed by atoms with Crippen molar-refractivity contribution in [3.8, 4) is 0 Å². The number of anilines is 1. The van der Waals surface area contributed by atoms with Gasteiger partial charge in [0.15, 0.2) is 0 Å². The number of carboxylic acids is 1. The standard InChI is InChI=1S/C14H16ClFN2O3/c15-9-4-3-5-10(16)11(9)18-13(21)17-8-14(12(19)20)6-1-2-7-14/h3-5H,1-2,6-8H2,(H,19,20)(H2,17,18,21). The number of halogens is 2. The maximum atomic E-state index is 13.5. The molecule has 0 spiro atoms. The van der Waals surface area contributed by atoms with E-state index < -0.39 is 23.2 Å². The molecule has 0 bridgehead atoms. The van der Waals surface area contributed by atoms with E-state index in [1.54, 1.807) is 0 Å². The van der Waals surface area contributed by atoms with Crippen molar-refractivity contribution in [1.82, 2.24) is 5.32 Å². The number of aliphatic carboxylic acids is 1. The molecule has 2 rings (SSSR count). The molecule has 0 unspecified atom stereocenters. The van der Waals surface area contributed by atoms with E-state index in [4.69, 9.17) is 11.6 Å². The summed E-state index contributed by atoms with van der Waals surface area (Å²) in [6, 6.07) is 3.39. The summed E-state index contributed by atoms with van der Waals surface area (Å²) in [5.41, 5.74) is -1.04. The second kappa shape index (κ2) is 6.30. The number of nitrogens with one attached hydrogen (secondary N) is 2. The summed E-state index contributed by atoms with van der Waals surface area (Å²) in [6.45, 7) is 0.0141. The fourth-order valence-electron chi connectivity index (χ4n) is 2.54. The van der Waals surface area contributed by atoms with Crippen molar-refractivity contribution in [3.05, 3.63) is 29.0 Å². The smallest absolute Gasteiger partial charge is 0.319 e. The molecule has 21 heavy (non-hydrogen) atoms. The highest BCUT2D eigenvalue weighted by Crippen LogP contribution is 2.37. The quantitative estimate of drug-likeness (QED) is 0.798. The van der Waals surface area contributed by atoms with Crippen molar-refractivity contribution < 1.29 is 19.1 Å². The summed E-state index contributed by atoms with van der Waals surface area (Å²) in [6.07, 6.45) is 2.72. The van der Waals surface area contributed by atoms with E-state index in [9.17, 15) is 19.1 Å². The first kappa shape index (κ1) is 15.6. The Kier molecular flexibility index (Phi) is 4.67. The summed E-state index contributed by atoms with van der Waals surface area (Å²) in [4.78, 5) is 23.1. The fraction of sp³-hybridized carbons (Fsp3) is 0.429. The topological polar surface area (TPSA) is 78.4 Å². The van der Waals surface area contributed by atoms with Crippen LogP contribution >= 0.6 is 11.6 Å². The molecule has 1 fully saturated rings. The SMILES string of the molecule is O=C(NCC1(C(=O)O)CCCC1)Nc1c(F)cccc1Cl. The fourth-order valence-corrected chi connectivity index (χ4v) is 2.75. The molecule has 1 aromatic carbocycles. The summed E-state index contributed by atoms with van der Waals surface area (Å²) in [7, 11) is 0. The number of benzene rings is 1. The van der Waals surface area contributed by atoms with Crippen molar-refractivity contribution in [2.75, 3.05) is 11.9 Å². The number of carbonyl (C=O) groups is 2. The summed E-state index contributed by atoms with van der Waals surface area (Å²) >= 11 is 5.80. The lowest BCUT2D eigenvalue weighted by Gasteiger charge is -2.24. The van der Waals surface area contributed by atoms with Crippen molar-refractivity contribution in [2.24, 2.45) is 5.41 Å². The first-order chi connectivity index (χ1) is 9.94. The average Bonchev–Trinajstić information content (AvgIpc) is 2.91. The molecule has 1 aliphatic carbocycles. The van der Waals surface area contributed by atoms with Crippen LogP contribution in [-0.4, -0.2) is 23.7 Å². The Balaban J connectivity index is 1.98. The van der Waals surface area contributed by atoms with Gasteiger partial charge in [-0.25, -0.2) is 9.18 Å². The number of para-hydroxylation sites is 1. The molecule has 1 aliphatic rings. The predicted molar refractivity (Wildman–Crippen MR) is 77.0 cm³/mol. The lowest BCUT2D eigenvalue weighted by Crippen LogP contribution is -2.42. The van der Waals surface area contributed by atoms with Crippen LogP contribution in [0.15, 0.2) is 18.2 Å². The van der Waals surface area contributed by atoms with Crippen molar-refractivity contribution >= 4 is 29.3 Å². The lowest BCUT2D eigenvalue weighted by atomic mass is 9.86. The zero-order valence-corrected chi connectivity index (χ0v) is 12.0. The van der Waals surface area contributed by atoms with E-state index in [-0.39, 0.29) is 17.3 Å². The van der Waals surface area contributed by atoms with Crippen LogP contribution in [0.1, 0.15) is 25.7 Å². The van der Waals surface area contributed by atoms with Crippen LogP contribution in [-0.2, 0) is 4.79 Å². The molecule has 0 heterocycles. The van der Waals surface area contributed by atoms with Gasteiger partial charge in [-0.2, -0.15) is 0 Å². The van der Waals surface area contributed by atoms with Gasteiger partial charge in [0.2, 0.25) is 0 Å². The highest BCUT2D eigenvalue weighted by Gasteiger charge is 2.41. The zero-order chi connectivity index (χ0) is 15.5. The van der Waals surface area contributed by atoms with E-state index in [0.717, 1.165) is 12.8 Å². The molecule has 3 N–H and O–H groups in total. The van der Waals surface area contributed by atoms with Crippen molar-refractivity contribution in [2.45, 2.75) is 25.7 Å². The van der Waals surface area contributed by atoms with Gasteiger partial charge in [-0.3, -0.25) is 4.79 Å². The van der Waals surface area contributed by atoms with E-state index in [1.165, 1.54) is 18.2 Å². The molecular weight excluding hydrogens is 299 g/mol. The summed E-state index contributed by atoms with van der Waals surface area (Å²) in [5, 5.41) is 14.2. The van der Waals surface area contributed by atoms with Gasteiger partial charge in [0.05, 0.1) is 16.1 Å². The molecule has 114 valence electrons. The molecule has 0 aliphatic heterocycles. The average molecular weight is 315 g/mol. The van der Waals surface area contributed by atoms with Crippen LogP contribution in [0.4, 0.5) is 14.9 Å². The predicted octanol–water partition coefficient (Wildman–Crippen LogP) is 3.25. The zero-order valence-electron chi connectivity index (χ0n) is 11.3. The Hall–Kier alpha value is -1.82. The third-order valence-electron chi connectivity index (χ3n) is 3.80. The first-order valence-corrected chi connectivity index (χ1v) is 7.05. The van der Waals surface area contributed by atoms with Crippen LogP contribution in [0.2, 0.25) is 5.02 Å². The summed E-state index contributed by atoms with van der Waals surface area (Å²) in [5.74, 6) is -1.56. The van der Waals surface area contributed by atoms with E-state index >= 15 is 0 Å². The minimum Gasteiger partial charge on any atom is -0.481 e. The second-order valence-corrected chi connectivity index (χ2v) is 5.60. The van der Waals surface area contributed by atoms with Gasteiger partial charge in [-0.05, 0) is 25.0 Å². The molecule has 1 aromatic rings. The van der Waals surface area contributed by atoms with Gasteiger partial charge in [-0.15, -0.1) is 0 Å². The second-order valence-electron chi connectivity index (χ2n) is 5.20. The van der Waals surface area contributed by atoms with Crippen LogP contribution in [0.5, 0.6) is 0 Å². The lowest BCUT2D eigenvalue weighted by molar-refractivity contribution is -0.148. The maximum Gasteiger partial charge on any atom is 0.319 e. The molecule has 5 nitrogen and oxygen atoms in total. The molecule has 1 saturated carbocycles. The van der Waals surface area contributed by atoms with Crippen LogP contribution in [0, 0.1) is 11.2 Å². The van der Waals surface area contributed by atoms with Gasteiger partial charge >= 0.3 is 12.0 Å². The Labute approximate surface area is 126 Å². The molecule has 0 atom stereocenters. The van der Waals surface area contributed by atoms with Gasteiger partial charge in [0, 0.05) is 6.54 Å². The monoisotopic (exact) mass is 314 g/mol. The molecular formula is C14H16ClFN2O3. The van der Waals surface area contributed by atoms with E-state index in [2.05, 4.69) is 10.6 Å². The van der Waals surface area contributed by atoms with Gasteiger partial charge in [-0.1, -0.05) is 30.5 Å². The molecule has 2 amide bonds. The number of carboxylic acid groups (broad SMARTS) is 1. The molecule has 7 heteroatoms. The normalized spacial score (nSPS) is 16.5. The Morgan fingerprint density at radius 2 is 2.00 bits per heavy atom. The molecule has 0 aromatic heterocycles. The van der Waals surface area contributed by atoms with E-state index in [1.807, 2.05) is 0 Å². The third-order valence-corrected chi connectivity index (χ3v) is 4.12.